The zero-order valence-corrected chi connectivity index (χ0v) is 19.2. The van der Waals surface area contributed by atoms with Crippen molar-refractivity contribution in [2.45, 2.75) is 63.0 Å². The van der Waals surface area contributed by atoms with Crippen molar-refractivity contribution in [3.05, 3.63) is 64.7 Å². The van der Waals surface area contributed by atoms with E-state index in [4.69, 9.17) is 14.2 Å². The molecule has 0 aromatic heterocycles. The van der Waals surface area contributed by atoms with Crippen LogP contribution in [0.5, 0.6) is 5.75 Å². The van der Waals surface area contributed by atoms with Gasteiger partial charge < -0.3 is 39.7 Å². The lowest BCUT2D eigenvalue weighted by molar-refractivity contribution is -0.231. The van der Waals surface area contributed by atoms with Crippen LogP contribution in [0.2, 0.25) is 0 Å². The molecule has 2 aromatic rings. The van der Waals surface area contributed by atoms with E-state index in [1.807, 2.05) is 49.4 Å². The van der Waals surface area contributed by atoms with E-state index in [2.05, 4.69) is 0 Å². The quantitative estimate of drug-likeness (QED) is 0.371. The van der Waals surface area contributed by atoms with Gasteiger partial charge in [0, 0.05) is 7.11 Å². The molecule has 0 radical (unpaired) electrons. The van der Waals surface area contributed by atoms with Gasteiger partial charge in [-0.15, -0.1) is 0 Å². The van der Waals surface area contributed by atoms with Crippen molar-refractivity contribution in [3.8, 4) is 5.75 Å². The van der Waals surface area contributed by atoms with Crippen LogP contribution in [0.4, 0.5) is 0 Å². The third-order valence-corrected chi connectivity index (χ3v) is 6.07. The van der Waals surface area contributed by atoms with Crippen LogP contribution in [0.25, 0.3) is 0 Å². The summed E-state index contributed by atoms with van der Waals surface area (Å²) in [6.07, 6.45) is -6.44. The number of aliphatic hydroxyl groups is 5. The highest BCUT2D eigenvalue weighted by Crippen LogP contribution is 2.33. The smallest absolute Gasteiger partial charge is 0.147 e. The van der Waals surface area contributed by atoms with E-state index in [1.54, 1.807) is 14.0 Å². The van der Waals surface area contributed by atoms with Gasteiger partial charge in [0.05, 0.1) is 19.3 Å². The average molecular weight is 463 g/mol. The SMILES string of the molecule is COCC(Oc1ccc(Cc2cc([C@@H]3O[C@H](CO)[C@@H](O)[C@H](O)[C@H]3O)ccc2C)cc1)C(C)O. The molecule has 0 spiro atoms. The van der Waals surface area contributed by atoms with Gasteiger partial charge in [0.2, 0.25) is 0 Å². The fraction of sp³-hybridized carbons (Fsp3) is 0.520. The van der Waals surface area contributed by atoms with Gasteiger partial charge in [-0.1, -0.05) is 30.3 Å². The van der Waals surface area contributed by atoms with Crippen LogP contribution in [0.15, 0.2) is 42.5 Å². The second-order valence-corrected chi connectivity index (χ2v) is 8.61. The van der Waals surface area contributed by atoms with Gasteiger partial charge in [0.15, 0.2) is 0 Å². The zero-order valence-electron chi connectivity index (χ0n) is 19.2. The zero-order chi connectivity index (χ0) is 24.1. The number of benzene rings is 2. The average Bonchev–Trinajstić information content (AvgIpc) is 2.80. The molecular weight excluding hydrogens is 428 g/mol. The predicted octanol–water partition coefficient (Wildman–Crippen LogP) is 0.875. The van der Waals surface area contributed by atoms with Crippen molar-refractivity contribution >= 4 is 0 Å². The first-order valence-corrected chi connectivity index (χ1v) is 11.1. The van der Waals surface area contributed by atoms with Gasteiger partial charge in [-0.3, -0.25) is 0 Å². The van der Waals surface area contributed by atoms with Crippen molar-refractivity contribution in [2.75, 3.05) is 20.3 Å². The van der Waals surface area contributed by atoms with E-state index in [0.29, 0.717) is 17.7 Å². The summed E-state index contributed by atoms with van der Waals surface area (Å²) in [6, 6.07) is 13.2. The van der Waals surface area contributed by atoms with Gasteiger partial charge in [-0.2, -0.15) is 0 Å². The lowest BCUT2D eigenvalue weighted by atomic mass is 9.89. The van der Waals surface area contributed by atoms with Crippen LogP contribution in [-0.4, -0.2) is 82.5 Å². The molecule has 3 rings (SSSR count). The Morgan fingerprint density at radius 2 is 1.70 bits per heavy atom. The normalized spacial score (nSPS) is 27.2. The Morgan fingerprint density at radius 3 is 2.30 bits per heavy atom. The second-order valence-electron chi connectivity index (χ2n) is 8.61. The highest BCUT2D eigenvalue weighted by molar-refractivity contribution is 5.38. The maximum Gasteiger partial charge on any atom is 0.147 e. The third-order valence-electron chi connectivity index (χ3n) is 6.07. The van der Waals surface area contributed by atoms with E-state index < -0.39 is 49.3 Å². The fourth-order valence-corrected chi connectivity index (χ4v) is 3.95. The monoisotopic (exact) mass is 462 g/mol. The van der Waals surface area contributed by atoms with E-state index in [0.717, 1.165) is 16.7 Å². The molecule has 7 atom stereocenters. The number of ether oxygens (including phenoxy) is 3. The largest absolute Gasteiger partial charge is 0.485 e. The molecule has 1 heterocycles. The lowest BCUT2D eigenvalue weighted by Crippen LogP contribution is -2.55. The number of methoxy groups -OCH3 is 1. The minimum atomic E-state index is -1.42. The number of aliphatic hydroxyl groups excluding tert-OH is 5. The molecule has 8 nitrogen and oxygen atoms in total. The Morgan fingerprint density at radius 1 is 1.00 bits per heavy atom. The topological polar surface area (TPSA) is 129 Å². The molecule has 0 amide bonds. The Hall–Kier alpha value is -2.04. The lowest BCUT2D eigenvalue weighted by Gasteiger charge is -2.40. The summed E-state index contributed by atoms with van der Waals surface area (Å²) in [4.78, 5) is 0. The van der Waals surface area contributed by atoms with Crippen LogP contribution < -0.4 is 4.74 Å². The van der Waals surface area contributed by atoms with Crippen molar-refractivity contribution < 1.29 is 39.7 Å². The highest BCUT2D eigenvalue weighted by Gasteiger charge is 2.43. The summed E-state index contributed by atoms with van der Waals surface area (Å²) in [5.74, 6) is 0.633. The van der Waals surface area contributed by atoms with E-state index >= 15 is 0 Å². The number of hydrogen-bond acceptors (Lipinski definition) is 8. The molecule has 2 aromatic carbocycles. The molecule has 1 aliphatic heterocycles. The first-order chi connectivity index (χ1) is 15.7. The van der Waals surface area contributed by atoms with E-state index in [9.17, 15) is 25.5 Å². The molecule has 0 saturated carbocycles. The van der Waals surface area contributed by atoms with E-state index in [-0.39, 0.29) is 6.61 Å². The molecule has 1 saturated heterocycles. The molecule has 33 heavy (non-hydrogen) atoms. The second kappa shape index (κ2) is 11.4. The Balaban J connectivity index is 1.75. The molecule has 182 valence electrons. The highest BCUT2D eigenvalue weighted by atomic mass is 16.5. The van der Waals surface area contributed by atoms with Crippen molar-refractivity contribution in [3.63, 3.8) is 0 Å². The van der Waals surface area contributed by atoms with Gasteiger partial charge >= 0.3 is 0 Å². The maximum atomic E-state index is 10.4. The molecule has 2 unspecified atom stereocenters. The van der Waals surface area contributed by atoms with Gasteiger partial charge in [0.1, 0.15) is 42.4 Å². The number of aryl methyl sites for hydroxylation is 1. The standard InChI is InChI=1S/C25H34O8/c1-14-4-7-17(25-24(30)23(29)22(28)20(12-26)33-25)11-18(14)10-16-5-8-19(9-6-16)32-21(13-31-3)15(2)27/h4-9,11,15,20-30H,10,12-13H2,1-3H3/t15?,20-,21?,22-,23+,24-,25+/m1/s1. The maximum absolute atomic E-state index is 10.4. The molecule has 0 aliphatic carbocycles. The van der Waals surface area contributed by atoms with Crippen molar-refractivity contribution in [1.29, 1.82) is 0 Å². The number of hydrogen-bond donors (Lipinski definition) is 5. The van der Waals surface area contributed by atoms with Crippen LogP contribution in [0.1, 0.15) is 35.3 Å². The molecular formula is C25H34O8. The summed E-state index contributed by atoms with van der Waals surface area (Å²) in [5.41, 5.74) is 3.76. The van der Waals surface area contributed by atoms with Crippen molar-refractivity contribution in [1.82, 2.24) is 0 Å². The molecule has 8 heteroatoms. The fourth-order valence-electron chi connectivity index (χ4n) is 3.95. The Labute approximate surface area is 194 Å². The summed E-state index contributed by atoms with van der Waals surface area (Å²) >= 11 is 0. The first kappa shape index (κ1) is 25.6. The summed E-state index contributed by atoms with van der Waals surface area (Å²) < 4.78 is 16.6. The minimum Gasteiger partial charge on any atom is -0.485 e. The van der Waals surface area contributed by atoms with Gasteiger partial charge in [0.25, 0.3) is 0 Å². The molecule has 0 bridgehead atoms. The molecule has 1 aliphatic rings. The summed E-state index contributed by atoms with van der Waals surface area (Å²) in [5, 5.41) is 49.9. The number of rotatable bonds is 9. The van der Waals surface area contributed by atoms with Crippen molar-refractivity contribution in [2.24, 2.45) is 0 Å². The Kier molecular flexibility index (Phi) is 8.83. The Bertz CT molecular complexity index is 882. The predicted molar refractivity (Wildman–Crippen MR) is 121 cm³/mol. The van der Waals surface area contributed by atoms with Crippen LogP contribution in [0, 0.1) is 6.92 Å². The summed E-state index contributed by atoms with van der Waals surface area (Å²) in [6.45, 7) is 3.46. The molecule has 5 N–H and O–H groups in total. The van der Waals surface area contributed by atoms with Crippen LogP contribution in [0.3, 0.4) is 0 Å². The van der Waals surface area contributed by atoms with Crippen LogP contribution >= 0.6 is 0 Å². The summed E-state index contributed by atoms with van der Waals surface area (Å²) in [7, 11) is 1.56. The minimum absolute atomic E-state index is 0.281. The van der Waals surface area contributed by atoms with Gasteiger partial charge in [-0.25, -0.2) is 0 Å². The molecule has 1 fully saturated rings. The first-order valence-electron chi connectivity index (χ1n) is 11.1. The van der Waals surface area contributed by atoms with Gasteiger partial charge in [-0.05, 0) is 54.7 Å². The third kappa shape index (κ3) is 6.10. The van der Waals surface area contributed by atoms with Crippen LogP contribution in [-0.2, 0) is 15.9 Å². The van der Waals surface area contributed by atoms with E-state index in [1.165, 1.54) is 0 Å².